The number of aromatic nitrogens is 1. The van der Waals surface area contributed by atoms with Crippen molar-refractivity contribution >= 4 is 33.6 Å². The van der Waals surface area contributed by atoms with Gasteiger partial charge in [0.1, 0.15) is 12.1 Å². The molecule has 51 heavy (non-hydrogen) atoms. The fourth-order valence-corrected chi connectivity index (χ4v) is 9.56. The first-order valence-electron chi connectivity index (χ1n) is 17.7. The second kappa shape index (κ2) is 15.7. The summed E-state index contributed by atoms with van der Waals surface area (Å²) in [7, 11) is -3.84. The summed E-state index contributed by atoms with van der Waals surface area (Å²) >= 11 is 0. The first-order valence-corrected chi connectivity index (χ1v) is 19.4. The van der Waals surface area contributed by atoms with Gasteiger partial charge in [0.05, 0.1) is 17.3 Å². The lowest BCUT2D eigenvalue weighted by Crippen LogP contribution is -2.64. The number of aliphatic hydroxyl groups is 1. The van der Waals surface area contributed by atoms with Crippen LogP contribution in [0.1, 0.15) is 79.6 Å². The molecule has 2 aliphatic carbocycles. The Balaban J connectivity index is 1.55. The number of sulfone groups is 1. The van der Waals surface area contributed by atoms with Gasteiger partial charge in [-0.2, -0.15) is 0 Å². The van der Waals surface area contributed by atoms with Crippen LogP contribution in [-0.4, -0.2) is 95.8 Å². The number of likely N-dealkylation sites (tertiary alicyclic amines) is 1. The second-order valence-electron chi connectivity index (χ2n) is 15.9. The highest BCUT2D eigenvalue weighted by Gasteiger charge is 2.70. The van der Waals surface area contributed by atoms with E-state index in [4.69, 9.17) is 6.42 Å². The van der Waals surface area contributed by atoms with Crippen LogP contribution in [0.5, 0.6) is 0 Å². The third kappa shape index (κ3) is 9.10. The van der Waals surface area contributed by atoms with Crippen molar-refractivity contribution in [3.05, 3.63) is 37.1 Å². The van der Waals surface area contributed by atoms with Crippen LogP contribution in [0.2, 0.25) is 0 Å². The van der Waals surface area contributed by atoms with Crippen LogP contribution < -0.4 is 21.3 Å². The molecule has 280 valence electrons. The van der Waals surface area contributed by atoms with E-state index >= 15 is 0 Å². The zero-order valence-electron chi connectivity index (χ0n) is 30.4. The van der Waals surface area contributed by atoms with E-state index in [1.807, 2.05) is 34.6 Å². The summed E-state index contributed by atoms with van der Waals surface area (Å²) in [5, 5.41) is 22.0. The van der Waals surface area contributed by atoms with Crippen LogP contribution in [0.3, 0.4) is 0 Å². The highest BCUT2D eigenvalue weighted by molar-refractivity contribution is 7.91. The van der Waals surface area contributed by atoms with Gasteiger partial charge in [-0.3, -0.25) is 14.4 Å². The molecule has 0 aromatic carbocycles. The molecule has 5 amide bonds. The van der Waals surface area contributed by atoms with Crippen molar-refractivity contribution < 1.29 is 32.7 Å². The lowest BCUT2D eigenvalue weighted by molar-refractivity contribution is -0.144. The van der Waals surface area contributed by atoms with Crippen molar-refractivity contribution in [2.24, 2.45) is 22.7 Å². The molecule has 1 aliphatic heterocycles. The summed E-state index contributed by atoms with van der Waals surface area (Å²) in [6, 6.07) is 0.998. The maximum Gasteiger partial charge on any atom is 0.315 e. The normalized spacial score (nSPS) is 23.7. The number of carbonyl (C=O) groups is 4. The molecule has 1 saturated heterocycles. The highest BCUT2D eigenvalue weighted by atomic mass is 32.2. The van der Waals surface area contributed by atoms with Gasteiger partial charge in [0.25, 0.3) is 5.91 Å². The Labute approximate surface area is 302 Å². The standard InChI is InChI=1S/C37H54N6O7S/c1-8-10-16-25(29(44)32(46)39-20-9-2)40-31(45)28-27-24(36(27,6)7)22-43(28)33(47)30(35(3,4)5)41-34(48)42-37(18-13-11-14-19-37)23-51(49,50)26-17-12-15-21-38-26/h1,9,12,15,17,21,24-25,27-30,44H,2,10-11,13-14,16,18-20,22-23H2,3-7H3,(H,39,46)(H,40,45)(H2,41,42,48)/t24?,25?,27?,28?,29?,30-/m1/s1. The predicted molar refractivity (Wildman–Crippen MR) is 192 cm³/mol. The first-order chi connectivity index (χ1) is 23.9. The first kappa shape index (κ1) is 39.8. The second-order valence-corrected chi connectivity index (χ2v) is 17.8. The molecule has 2 saturated carbocycles. The molecular weight excluding hydrogens is 673 g/mol. The summed E-state index contributed by atoms with van der Waals surface area (Å²) in [6.45, 7) is 13.5. The number of aliphatic hydroxyl groups excluding tert-OH is 1. The number of nitrogens with zero attached hydrogens (tertiary/aromatic N) is 2. The van der Waals surface area contributed by atoms with E-state index in [0.29, 0.717) is 12.8 Å². The van der Waals surface area contributed by atoms with E-state index in [1.165, 1.54) is 23.2 Å². The summed E-state index contributed by atoms with van der Waals surface area (Å²) in [5.74, 6) is 0.336. The zero-order valence-corrected chi connectivity index (χ0v) is 31.2. The number of hydrogen-bond acceptors (Lipinski definition) is 8. The quantitative estimate of drug-likeness (QED) is 0.143. The number of piperidine rings is 1. The number of hydrogen-bond donors (Lipinski definition) is 5. The van der Waals surface area contributed by atoms with Crippen LogP contribution in [0.15, 0.2) is 42.1 Å². The molecule has 6 atom stereocenters. The minimum atomic E-state index is -3.84. The Morgan fingerprint density at radius 1 is 1.16 bits per heavy atom. The highest BCUT2D eigenvalue weighted by Crippen LogP contribution is 2.65. The molecule has 2 heterocycles. The smallest absolute Gasteiger partial charge is 0.315 e. The number of nitrogens with one attached hydrogen (secondary N) is 4. The topological polar surface area (TPSA) is 187 Å². The molecule has 13 nitrogen and oxygen atoms in total. The van der Waals surface area contributed by atoms with Gasteiger partial charge in [-0.15, -0.1) is 18.9 Å². The SMILES string of the molecule is C#CCCC(NC(=O)C1C2C(CN1C(=O)[C@@H](NC(=O)NC1(CS(=O)(=O)c3ccccn3)CCCCC1)C(C)(C)C)C2(C)C)C(O)C(=O)NCC=C. The molecule has 3 aliphatic rings. The number of rotatable bonds is 14. The molecule has 4 rings (SSSR count). The van der Waals surface area contributed by atoms with E-state index < -0.39 is 68.8 Å². The van der Waals surface area contributed by atoms with Crippen molar-refractivity contribution in [1.82, 2.24) is 31.2 Å². The van der Waals surface area contributed by atoms with E-state index in [2.05, 4.69) is 38.8 Å². The molecule has 0 spiro atoms. The molecule has 0 radical (unpaired) electrons. The fourth-order valence-electron chi connectivity index (χ4n) is 7.81. The number of carbonyl (C=O) groups excluding carboxylic acids is 4. The maximum atomic E-state index is 14.5. The predicted octanol–water partition coefficient (Wildman–Crippen LogP) is 2.32. The number of pyridine rings is 1. The van der Waals surface area contributed by atoms with Crippen LogP contribution >= 0.6 is 0 Å². The van der Waals surface area contributed by atoms with Gasteiger partial charge in [0.15, 0.2) is 21.0 Å². The summed E-state index contributed by atoms with van der Waals surface area (Å²) in [5.41, 5.74) is -2.09. The Hall–Kier alpha value is -3.96. The summed E-state index contributed by atoms with van der Waals surface area (Å²) < 4.78 is 26.8. The van der Waals surface area contributed by atoms with Gasteiger partial charge in [0.2, 0.25) is 11.8 Å². The molecule has 5 N–H and O–H groups in total. The Bertz CT molecular complexity index is 1610. The Morgan fingerprint density at radius 3 is 2.43 bits per heavy atom. The average molecular weight is 727 g/mol. The molecule has 1 aromatic rings. The number of urea groups is 1. The minimum absolute atomic E-state index is 0.0268. The zero-order chi connectivity index (χ0) is 37.8. The van der Waals surface area contributed by atoms with E-state index in [9.17, 15) is 32.7 Å². The van der Waals surface area contributed by atoms with Crippen LogP contribution in [0.4, 0.5) is 4.79 Å². The summed E-state index contributed by atoms with van der Waals surface area (Å²) in [4.78, 5) is 60.5. The molecule has 5 unspecified atom stereocenters. The van der Waals surface area contributed by atoms with Crippen LogP contribution in [-0.2, 0) is 24.2 Å². The minimum Gasteiger partial charge on any atom is -0.381 e. The molecule has 1 aromatic heterocycles. The van der Waals surface area contributed by atoms with Crippen molar-refractivity contribution in [1.29, 1.82) is 0 Å². The van der Waals surface area contributed by atoms with Gasteiger partial charge in [-0.1, -0.05) is 66.0 Å². The monoisotopic (exact) mass is 726 g/mol. The average Bonchev–Trinajstić information content (AvgIpc) is 3.38. The number of terminal acetylenes is 1. The van der Waals surface area contributed by atoms with Crippen molar-refractivity contribution in [2.45, 2.75) is 114 Å². The molecule has 14 heteroatoms. The van der Waals surface area contributed by atoms with Gasteiger partial charge in [0, 0.05) is 25.7 Å². The lowest BCUT2D eigenvalue weighted by atomic mass is 9.83. The van der Waals surface area contributed by atoms with Gasteiger partial charge in [-0.05, 0) is 54.1 Å². The Morgan fingerprint density at radius 2 is 1.84 bits per heavy atom. The third-order valence-electron chi connectivity index (χ3n) is 10.8. The van der Waals surface area contributed by atoms with E-state index in [1.54, 1.807) is 12.1 Å². The molecule has 0 bridgehead atoms. The number of amides is 5. The van der Waals surface area contributed by atoms with Crippen LogP contribution in [0, 0.1) is 35.0 Å². The van der Waals surface area contributed by atoms with Crippen molar-refractivity contribution in [3.63, 3.8) is 0 Å². The largest absolute Gasteiger partial charge is 0.381 e. The van der Waals surface area contributed by atoms with Crippen molar-refractivity contribution in [3.8, 4) is 12.3 Å². The van der Waals surface area contributed by atoms with Gasteiger partial charge < -0.3 is 31.3 Å². The third-order valence-corrected chi connectivity index (χ3v) is 12.6. The lowest BCUT2D eigenvalue weighted by Gasteiger charge is -2.40. The van der Waals surface area contributed by atoms with Crippen LogP contribution in [0.25, 0.3) is 0 Å². The van der Waals surface area contributed by atoms with Gasteiger partial charge >= 0.3 is 6.03 Å². The summed E-state index contributed by atoms with van der Waals surface area (Å²) in [6.07, 6.45) is 10.4. The van der Waals surface area contributed by atoms with Gasteiger partial charge in [-0.25, -0.2) is 18.2 Å². The fraction of sp³-hybridized carbons (Fsp3) is 0.649. The maximum absolute atomic E-state index is 14.5. The van der Waals surface area contributed by atoms with E-state index in [-0.39, 0.29) is 54.0 Å². The van der Waals surface area contributed by atoms with E-state index in [0.717, 1.165) is 19.3 Å². The number of fused-ring (bicyclic) bond motifs is 1. The Kier molecular flexibility index (Phi) is 12.3. The molecular formula is C37H54N6O7S. The van der Waals surface area contributed by atoms with Crippen molar-refractivity contribution in [2.75, 3.05) is 18.8 Å². The molecule has 3 fully saturated rings.